The molecule has 0 saturated carbocycles. The summed E-state index contributed by atoms with van der Waals surface area (Å²) in [6.45, 7) is 0.522. The van der Waals surface area contributed by atoms with Crippen LogP contribution in [0.5, 0.6) is 0 Å². The molecule has 0 fully saturated rings. The predicted molar refractivity (Wildman–Crippen MR) is 36.5 cm³/mol. The Labute approximate surface area is 59.6 Å². The van der Waals surface area contributed by atoms with Crippen molar-refractivity contribution in [2.45, 2.75) is 6.54 Å². The molecule has 0 saturated heterocycles. The molecule has 0 aliphatic carbocycles. The first-order valence-electron chi connectivity index (χ1n) is 3.06. The van der Waals surface area contributed by atoms with Crippen LogP contribution in [-0.4, -0.2) is 27.1 Å². The molecule has 0 atom stereocenters. The molecule has 0 spiro atoms. The Morgan fingerprint density at radius 1 is 1.80 bits per heavy atom. The minimum atomic E-state index is 0.522. The highest BCUT2D eigenvalue weighted by Crippen LogP contribution is 1.97. The number of aryl methyl sites for hydroxylation is 1. The summed E-state index contributed by atoms with van der Waals surface area (Å²) in [5, 5.41) is 13.9. The van der Waals surface area contributed by atoms with Crippen molar-refractivity contribution in [2.24, 2.45) is 7.05 Å². The van der Waals surface area contributed by atoms with Gasteiger partial charge < -0.3 is 5.21 Å². The molecule has 1 rings (SSSR count). The van der Waals surface area contributed by atoms with Crippen molar-refractivity contribution in [2.75, 3.05) is 7.05 Å². The van der Waals surface area contributed by atoms with E-state index in [1.165, 1.54) is 0 Å². The van der Waals surface area contributed by atoms with E-state index < -0.39 is 0 Å². The van der Waals surface area contributed by atoms with Gasteiger partial charge in [-0.25, -0.2) is 0 Å². The highest BCUT2D eigenvalue weighted by molar-refractivity contribution is 5.02. The first kappa shape index (κ1) is 7.24. The average molecular weight is 141 g/mol. The van der Waals surface area contributed by atoms with Gasteiger partial charge in [-0.1, -0.05) is 0 Å². The van der Waals surface area contributed by atoms with Gasteiger partial charge in [0.25, 0.3) is 0 Å². The lowest BCUT2D eigenvalue weighted by atomic mass is 10.4. The number of nitrogens with zero attached hydrogens (tertiary/aromatic N) is 3. The molecule has 0 aliphatic heterocycles. The Balaban J connectivity index is 2.58. The summed E-state index contributed by atoms with van der Waals surface area (Å²) in [5.74, 6) is 0. The topological polar surface area (TPSA) is 41.3 Å². The van der Waals surface area contributed by atoms with Crippen molar-refractivity contribution >= 4 is 0 Å². The van der Waals surface area contributed by atoms with Gasteiger partial charge >= 0.3 is 0 Å². The van der Waals surface area contributed by atoms with Crippen LogP contribution in [0, 0.1) is 0 Å². The molecule has 1 aromatic heterocycles. The molecular formula is C6H11N3O. The molecule has 56 valence electrons. The number of rotatable bonds is 2. The predicted octanol–water partition coefficient (Wildman–Crippen LogP) is 0.241. The van der Waals surface area contributed by atoms with Gasteiger partial charge in [-0.3, -0.25) is 4.68 Å². The molecule has 0 amide bonds. The lowest BCUT2D eigenvalue weighted by molar-refractivity contribution is -0.0731. The van der Waals surface area contributed by atoms with E-state index in [9.17, 15) is 0 Å². The minimum Gasteiger partial charge on any atom is -0.314 e. The van der Waals surface area contributed by atoms with Gasteiger partial charge in [0.1, 0.15) is 0 Å². The van der Waals surface area contributed by atoms with Crippen molar-refractivity contribution in [1.82, 2.24) is 14.8 Å². The molecule has 0 aliphatic rings. The van der Waals surface area contributed by atoms with Crippen LogP contribution in [0.1, 0.15) is 5.56 Å². The first-order chi connectivity index (χ1) is 4.68. The molecule has 0 aromatic carbocycles. The number of hydrogen-bond donors (Lipinski definition) is 1. The summed E-state index contributed by atoms with van der Waals surface area (Å²) in [6.07, 6.45) is 3.60. The van der Waals surface area contributed by atoms with Crippen molar-refractivity contribution in [3.8, 4) is 0 Å². The summed E-state index contributed by atoms with van der Waals surface area (Å²) in [4.78, 5) is 0. The smallest absolute Gasteiger partial charge is 0.0535 e. The number of hydrogen-bond acceptors (Lipinski definition) is 3. The quantitative estimate of drug-likeness (QED) is 0.600. The molecule has 1 heterocycles. The maximum atomic E-state index is 8.81. The molecule has 0 unspecified atom stereocenters. The van der Waals surface area contributed by atoms with Gasteiger partial charge in [0.05, 0.1) is 12.7 Å². The number of hydroxylamine groups is 2. The standard InChI is InChI=1S/C6H11N3O/c1-8-4-6(3-7-8)5-9(2)10/h3-4,10H,5H2,1-2H3. The lowest BCUT2D eigenvalue weighted by Crippen LogP contribution is -2.10. The first-order valence-corrected chi connectivity index (χ1v) is 3.06. The van der Waals surface area contributed by atoms with E-state index in [-0.39, 0.29) is 0 Å². The highest BCUT2D eigenvalue weighted by Gasteiger charge is 1.96. The fourth-order valence-electron chi connectivity index (χ4n) is 0.818. The third kappa shape index (κ3) is 1.82. The second-order valence-electron chi connectivity index (χ2n) is 2.34. The summed E-state index contributed by atoms with van der Waals surface area (Å²) in [5.41, 5.74) is 1.01. The van der Waals surface area contributed by atoms with E-state index in [4.69, 9.17) is 5.21 Å². The van der Waals surface area contributed by atoms with Crippen molar-refractivity contribution in [1.29, 1.82) is 0 Å². The summed E-state index contributed by atoms with van der Waals surface area (Å²) in [6, 6.07) is 0. The van der Waals surface area contributed by atoms with Gasteiger partial charge in [0.15, 0.2) is 0 Å². The second-order valence-corrected chi connectivity index (χ2v) is 2.34. The SMILES string of the molecule is CN(O)Cc1cnn(C)c1. The van der Waals surface area contributed by atoms with Crippen molar-refractivity contribution < 1.29 is 5.21 Å². The van der Waals surface area contributed by atoms with Crippen LogP contribution < -0.4 is 0 Å². The Bertz CT molecular complexity index is 207. The Kier molecular flexibility index (Phi) is 2.03. The molecule has 1 N–H and O–H groups in total. The molecule has 0 bridgehead atoms. The van der Waals surface area contributed by atoms with Crippen LogP contribution >= 0.6 is 0 Å². The van der Waals surface area contributed by atoms with Gasteiger partial charge in [0.2, 0.25) is 0 Å². The van der Waals surface area contributed by atoms with Gasteiger partial charge in [-0.05, 0) is 0 Å². The van der Waals surface area contributed by atoms with Crippen LogP contribution in [-0.2, 0) is 13.6 Å². The van der Waals surface area contributed by atoms with Gasteiger partial charge in [0, 0.05) is 25.9 Å². The van der Waals surface area contributed by atoms with Gasteiger partial charge in [-0.2, -0.15) is 10.2 Å². The van der Waals surface area contributed by atoms with Crippen LogP contribution in [0.2, 0.25) is 0 Å². The van der Waals surface area contributed by atoms with E-state index in [0.29, 0.717) is 6.54 Å². The Hall–Kier alpha value is -0.870. The monoisotopic (exact) mass is 141 g/mol. The van der Waals surface area contributed by atoms with E-state index in [1.807, 2.05) is 13.2 Å². The fourth-order valence-corrected chi connectivity index (χ4v) is 0.818. The summed E-state index contributed by atoms with van der Waals surface area (Å²) < 4.78 is 1.71. The fraction of sp³-hybridized carbons (Fsp3) is 0.500. The van der Waals surface area contributed by atoms with E-state index in [2.05, 4.69) is 5.10 Å². The third-order valence-electron chi connectivity index (χ3n) is 1.17. The molecule has 4 heteroatoms. The van der Waals surface area contributed by atoms with E-state index in [0.717, 1.165) is 10.6 Å². The van der Waals surface area contributed by atoms with Crippen molar-refractivity contribution in [3.63, 3.8) is 0 Å². The molecule has 4 nitrogen and oxygen atoms in total. The maximum Gasteiger partial charge on any atom is 0.0535 e. The minimum absolute atomic E-state index is 0.522. The third-order valence-corrected chi connectivity index (χ3v) is 1.17. The molecule has 1 aromatic rings. The molecule has 10 heavy (non-hydrogen) atoms. The number of aromatic nitrogens is 2. The van der Waals surface area contributed by atoms with E-state index in [1.54, 1.807) is 17.9 Å². The van der Waals surface area contributed by atoms with Gasteiger partial charge in [-0.15, -0.1) is 0 Å². The zero-order valence-electron chi connectivity index (χ0n) is 6.15. The molecular weight excluding hydrogens is 130 g/mol. The Morgan fingerprint density at radius 3 is 2.90 bits per heavy atom. The summed E-state index contributed by atoms with van der Waals surface area (Å²) >= 11 is 0. The normalized spacial score (nSPS) is 10.8. The van der Waals surface area contributed by atoms with Crippen LogP contribution in [0.4, 0.5) is 0 Å². The largest absolute Gasteiger partial charge is 0.314 e. The van der Waals surface area contributed by atoms with E-state index >= 15 is 0 Å². The maximum absolute atomic E-state index is 8.81. The van der Waals surface area contributed by atoms with Crippen LogP contribution in [0.15, 0.2) is 12.4 Å². The van der Waals surface area contributed by atoms with Crippen molar-refractivity contribution in [3.05, 3.63) is 18.0 Å². The van der Waals surface area contributed by atoms with Crippen LogP contribution in [0.3, 0.4) is 0 Å². The second kappa shape index (κ2) is 2.81. The van der Waals surface area contributed by atoms with Crippen LogP contribution in [0.25, 0.3) is 0 Å². The lowest BCUT2D eigenvalue weighted by Gasteiger charge is -2.03. The summed E-state index contributed by atoms with van der Waals surface area (Å²) in [7, 11) is 3.45. The average Bonchev–Trinajstić information content (AvgIpc) is 2.13. The Morgan fingerprint density at radius 2 is 2.50 bits per heavy atom. The zero-order chi connectivity index (χ0) is 7.56. The zero-order valence-corrected chi connectivity index (χ0v) is 6.15. The molecule has 0 radical (unpaired) electrons. The highest BCUT2D eigenvalue weighted by atomic mass is 16.5.